The number of halogens is 1. The molecule has 0 bridgehead atoms. The number of anilines is 3. The van der Waals surface area contributed by atoms with E-state index < -0.39 is 0 Å². The molecule has 4 rings (SSSR count). The van der Waals surface area contributed by atoms with Crippen LogP contribution in [0.15, 0.2) is 16.6 Å². The van der Waals surface area contributed by atoms with Crippen LogP contribution in [0.3, 0.4) is 0 Å². The number of nitrogens with zero attached hydrogens (tertiary/aromatic N) is 3. The first-order valence-corrected chi connectivity index (χ1v) is 11.3. The van der Waals surface area contributed by atoms with Crippen LogP contribution in [0, 0.1) is 26.7 Å². The highest BCUT2D eigenvalue weighted by Crippen LogP contribution is 2.41. The molecule has 2 aliphatic rings. The van der Waals surface area contributed by atoms with Crippen LogP contribution >= 0.6 is 15.9 Å². The molecule has 1 atom stereocenters. The minimum Gasteiger partial charge on any atom is -0.370 e. The Morgan fingerprint density at radius 2 is 1.69 bits per heavy atom. The number of amides is 1. The van der Waals surface area contributed by atoms with Crippen molar-refractivity contribution in [3.05, 3.63) is 39.1 Å². The van der Waals surface area contributed by atoms with E-state index in [1.165, 1.54) is 25.7 Å². The van der Waals surface area contributed by atoms with Crippen LogP contribution in [0.25, 0.3) is 0 Å². The van der Waals surface area contributed by atoms with Crippen LogP contribution in [0.5, 0.6) is 0 Å². The molecule has 2 aromatic rings. The van der Waals surface area contributed by atoms with Crippen molar-refractivity contribution in [2.24, 2.45) is 5.92 Å². The van der Waals surface area contributed by atoms with Crippen molar-refractivity contribution in [3.63, 3.8) is 0 Å². The number of rotatable bonds is 3. The lowest BCUT2D eigenvalue weighted by atomic mass is 9.93. The number of hydrogen-bond acceptors (Lipinski definition) is 4. The molecule has 29 heavy (non-hydrogen) atoms. The summed E-state index contributed by atoms with van der Waals surface area (Å²) in [4.78, 5) is 24.1. The zero-order valence-corrected chi connectivity index (χ0v) is 19.7. The quantitative estimate of drug-likeness (QED) is 0.611. The largest absolute Gasteiger partial charge is 0.370 e. The second kappa shape index (κ2) is 9.24. The van der Waals surface area contributed by atoms with Gasteiger partial charge in [0, 0.05) is 22.5 Å². The van der Waals surface area contributed by atoms with E-state index in [0.29, 0.717) is 18.1 Å². The molecule has 1 saturated carbocycles. The highest BCUT2D eigenvalue weighted by molar-refractivity contribution is 9.10. The van der Waals surface area contributed by atoms with Crippen molar-refractivity contribution in [3.8, 4) is 0 Å². The summed E-state index contributed by atoms with van der Waals surface area (Å²) in [6, 6.07) is 4.07. The molecular formula is C23H31BrN4O. The van der Waals surface area contributed by atoms with Crippen molar-refractivity contribution in [1.82, 2.24) is 9.97 Å². The Kier molecular flexibility index (Phi) is 6.93. The van der Waals surface area contributed by atoms with Crippen LogP contribution in [0.1, 0.15) is 62.0 Å². The van der Waals surface area contributed by atoms with Crippen molar-refractivity contribution in [2.45, 2.75) is 66.7 Å². The van der Waals surface area contributed by atoms with Gasteiger partial charge in [0.2, 0.25) is 5.91 Å². The molecule has 1 aromatic carbocycles. The Labute approximate surface area is 182 Å². The number of carbonyl (C=O) groups is 1. The molecule has 1 amide bonds. The Hall–Kier alpha value is -1.95. The van der Waals surface area contributed by atoms with E-state index in [-0.39, 0.29) is 11.8 Å². The van der Waals surface area contributed by atoms with Gasteiger partial charge in [-0.1, -0.05) is 48.5 Å². The Balaban J connectivity index is 0.000000536. The Morgan fingerprint density at radius 3 is 2.21 bits per heavy atom. The van der Waals surface area contributed by atoms with Gasteiger partial charge >= 0.3 is 0 Å². The molecule has 1 aliphatic heterocycles. The van der Waals surface area contributed by atoms with Crippen LogP contribution in [0.2, 0.25) is 0 Å². The van der Waals surface area contributed by atoms with E-state index in [4.69, 9.17) is 0 Å². The van der Waals surface area contributed by atoms with Gasteiger partial charge in [0.15, 0.2) is 0 Å². The van der Waals surface area contributed by atoms with E-state index >= 15 is 0 Å². The summed E-state index contributed by atoms with van der Waals surface area (Å²) in [5.74, 6) is 2.18. The number of fused-ring (bicyclic) bond motifs is 1. The second-order valence-corrected chi connectivity index (χ2v) is 8.95. The molecule has 1 aromatic heterocycles. The van der Waals surface area contributed by atoms with Crippen molar-refractivity contribution in [1.29, 1.82) is 0 Å². The first kappa shape index (κ1) is 21.8. The third-order valence-corrected chi connectivity index (χ3v) is 5.94. The van der Waals surface area contributed by atoms with E-state index in [1.54, 1.807) is 4.90 Å². The SMILES string of the molecule is C1CCC1.CCNc1nc(C)nc2c1CC(C)C(=O)N2c1c(C)cc(Br)cc1C. The van der Waals surface area contributed by atoms with Crippen LogP contribution < -0.4 is 10.2 Å². The minimum absolute atomic E-state index is 0.0848. The summed E-state index contributed by atoms with van der Waals surface area (Å²) in [7, 11) is 0. The zero-order chi connectivity index (χ0) is 21.1. The van der Waals surface area contributed by atoms with Gasteiger partial charge in [0.1, 0.15) is 17.5 Å². The third kappa shape index (κ3) is 4.63. The summed E-state index contributed by atoms with van der Waals surface area (Å²) in [6.45, 7) is 10.7. The summed E-state index contributed by atoms with van der Waals surface area (Å²) in [5, 5.41) is 3.33. The van der Waals surface area contributed by atoms with Gasteiger partial charge < -0.3 is 5.32 Å². The number of benzene rings is 1. The first-order chi connectivity index (χ1) is 13.8. The molecule has 0 saturated heterocycles. The maximum absolute atomic E-state index is 13.1. The lowest BCUT2D eigenvalue weighted by Crippen LogP contribution is -2.39. The average Bonchev–Trinajstić information content (AvgIpc) is 2.57. The molecule has 1 fully saturated rings. The van der Waals surface area contributed by atoms with E-state index in [2.05, 4.69) is 31.2 Å². The van der Waals surface area contributed by atoms with Gasteiger partial charge in [-0.3, -0.25) is 9.69 Å². The van der Waals surface area contributed by atoms with Gasteiger partial charge in [-0.05, 0) is 57.4 Å². The fourth-order valence-electron chi connectivity index (χ4n) is 3.71. The third-order valence-electron chi connectivity index (χ3n) is 5.48. The van der Waals surface area contributed by atoms with E-state index in [0.717, 1.165) is 39.2 Å². The minimum atomic E-state index is -0.112. The Bertz CT molecular complexity index is 881. The summed E-state index contributed by atoms with van der Waals surface area (Å²) in [6.07, 6.45) is 6.65. The summed E-state index contributed by atoms with van der Waals surface area (Å²) in [5.41, 5.74) is 4.02. The van der Waals surface area contributed by atoms with Gasteiger partial charge in [-0.2, -0.15) is 0 Å². The predicted octanol–water partition coefficient (Wildman–Crippen LogP) is 6.01. The highest BCUT2D eigenvalue weighted by Gasteiger charge is 2.36. The molecule has 2 heterocycles. The summed E-state index contributed by atoms with van der Waals surface area (Å²) >= 11 is 3.53. The normalized spacial score (nSPS) is 17.8. The molecule has 5 nitrogen and oxygen atoms in total. The molecular weight excluding hydrogens is 428 g/mol. The average molecular weight is 459 g/mol. The molecule has 156 valence electrons. The van der Waals surface area contributed by atoms with E-state index in [9.17, 15) is 4.79 Å². The molecule has 1 N–H and O–H groups in total. The predicted molar refractivity (Wildman–Crippen MR) is 123 cm³/mol. The highest BCUT2D eigenvalue weighted by atomic mass is 79.9. The standard InChI is InChI=1S/C19H23BrN4O.C4H8/c1-6-21-17-15-9-12(4)19(25)24(18(15)23-13(5)22-17)16-10(2)7-14(20)8-11(16)3;1-2-4-3-1/h7-8,12H,6,9H2,1-5H3,(H,21,22,23);1-4H2. The topological polar surface area (TPSA) is 58.1 Å². The smallest absolute Gasteiger partial charge is 0.235 e. The maximum Gasteiger partial charge on any atom is 0.235 e. The van der Waals surface area contributed by atoms with Crippen LogP contribution in [-0.4, -0.2) is 22.4 Å². The molecule has 0 spiro atoms. The van der Waals surface area contributed by atoms with E-state index in [1.807, 2.05) is 46.8 Å². The number of aryl methyl sites for hydroxylation is 3. The molecule has 0 radical (unpaired) electrons. The van der Waals surface area contributed by atoms with Crippen molar-refractivity contribution in [2.75, 3.05) is 16.8 Å². The zero-order valence-electron chi connectivity index (χ0n) is 18.1. The van der Waals surface area contributed by atoms with Crippen LogP contribution in [-0.2, 0) is 11.2 Å². The fraction of sp³-hybridized carbons (Fsp3) is 0.522. The lowest BCUT2D eigenvalue weighted by Gasteiger charge is -2.34. The lowest BCUT2D eigenvalue weighted by molar-refractivity contribution is -0.121. The van der Waals surface area contributed by atoms with Crippen molar-refractivity contribution >= 4 is 39.2 Å². The number of hydrogen-bond donors (Lipinski definition) is 1. The molecule has 1 unspecified atom stereocenters. The van der Waals surface area contributed by atoms with Gasteiger partial charge in [0.05, 0.1) is 5.69 Å². The fourth-order valence-corrected chi connectivity index (χ4v) is 4.39. The van der Waals surface area contributed by atoms with Crippen molar-refractivity contribution < 1.29 is 4.79 Å². The molecule has 1 aliphatic carbocycles. The number of aromatic nitrogens is 2. The number of carbonyl (C=O) groups excluding carboxylic acids is 1. The first-order valence-electron chi connectivity index (χ1n) is 10.6. The second-order valence-electron chi connectivity index (χ2n) is 8.03. The van der Waals surface area contributed by atoms with Gasteiger partial charge in [-0.25, -0.2) is 9.97 Å². The van der Waals surface area contributed by atoms with Gasteiger partial charge in [0.25, 0.3) is 0 Å². The molecule has 6 heteroatoms. The summed E-state index contributed by atoms with van der Waals surface area (Å²) < 4.78 is 1.01. The maximum atomic E-state index is 13.1. The number of nitrogens with one attached hydrogen (secondary N) is 1. The van der Waals surface area contributed by atoms with Crippen LogP contribution in [0.4, 0.5) is 17.3 Å². The van der Waals surface area contributed by atoms with Gasteiger partial charge in [-0.15, -0.1) is 0 Å². The monoisotopic (exact) mass is 458 g/mol. The Morgan fingerprint density at radius 1 is 1.10 bits per heavy atom.